The van der Waals surface area contributed by atoms with Crippen molar-refractivity contribution < 1.29 is 64.6 Å². The van der Waals surface area contributed by atoms with Gasteiger partial charge in [-0.1, -0.05) is 316 Å². The topological polar surface area (TPSA) is 228 Å². The molecule has 2 fully saturated rings. The first kappa shape index (κ1) is 86.7. The number of aliphatic hydroxyl groups is 8. The van der Waals surface area contributed by atoms with Crippen LogP contribution in [-0.4, -0.2) is 140 Å². The Morgan fingerprint density at radius 2 is 0.734 bits per heavy atom. The predicted molar refractivity (Wildman–Crippen MR) is 387 cm³/mol. The highest BCUT2D eigenvalue weighted by molar-refractivity contribution is 5.76. The van der Waals surface area contributed by atoms with E-state index in [1.165, 1.54) is 180 Å². The Labute approximate surface area is 572 Å². The van der Waals surface area contributed by atoms with Crippen LogP contribution in [0, 0.1) is 0 Å². The Balaban J connectivity index is 1.59. The summed E-state index contributed by atoms with van der Waals surface area (Å²) in [5, 5.41) is 87.5. The second-order valence-corrected chi connectivity index (χ2v) is 26.4. The minimum atomic E-state index is -1.79. The first-order valence-electron chi connectivity index (χ1n) is 38.1. The number of nitrogens with one attached hydrogen (secondary N) is 1. The lowest BCUT2D eigenvalue weighted by Crippen LogP contribution is -2.65. The summed E-state index contributed by atoms with van der Waals surface area (Å²) in [6.45, 7) is 2.71. The Bertz CT molecular complexity index is 2000. The van der Waals surface area contributed by atoms with E-state index < -0.39 is 86.8 Å². The second kappa shape index (κ2) is 63.1. The van der Waals surface area contributed by atoms with E-state index in [4.69, 9.17) is 18.9 Å². The standard InChI is InChI=1S/C80H139NO13/c1-3-5-7-9-11-13-15-17-19-21-23-24-25-26-27-28-29-30-31-32-33-34-35-36-37-38-39-40-41-42-43-44-46-48-50-52-54-56-58-60-62-64-72(85)81-68(69(84)63-61-59-57-55-53-51-49-47-45-22-20-18-16-14-12-10-8-6-4-2)67-91-79-77(90)75(88)78(71(66-83)93-79)94-80-76(89)74(87)73(86)70(65-82)92-80/h5,7,11,13,17,19,23-24,26-27,29-30,32-33,35-36,61,63,68-71,73-80,82-84,86-90H,3-4,6,8-10,12,14-16,18,20-22,25,28,31,34,37-60,62,64-67H2,1-2H3,(H,81,85)/b7-5-,13-11-,19-17-,24-23-,27-26-,30-29-,33-32-,36-35-,63-61+. The van der Waals surface area contributed by atoms with Crippen LogP contribution in [0.2, 0.25) is 0 Å². The molecule has 1 amide bonds. The maximum absolute atomic E-state index is 13.4. The Kier molecular flexibility index (Phi) is 58.2. The van der Waals surface area contributed by atoms with E-state index in [1.54, 1.807) is 6.08 Å². The third-order valence-electron chi connectivity index (χ3n) is 18.0. The van der Waals surface area contributed by atoms with Crippen molar-refractivity contribution in [2.45, 2.75) is 370 Å². The molecule has 2 aliphatic rings. The summed E-state index contributed by atoms with van der Waals surface area (Å²) in [7, 11) is 0. The molecule has 0 aromatic heterocycles. The van der Waals surface area contributed by atoms with E-state index >= 15 is 0 Å². The summed E-state index contributed by atoms with van der Waals surface area (Å²) >= 11 is 0. The largest absolute Gasteiger partial charge is 0.394 e. The molecule has 0 aliphatic carbocycles. The van der Waals surface area contributed by atoms with Crippen molar-refractivity contribution in [3.05, 3.63) is 109 Å². The van der Waals surface area contributed by atoms with Gasteiger partial charge in [0, 0.05) is 6.42 Å². The third kappa shape index (κ3) is 46.0. The first-order valence-corrected chi connectivity index (χ1v) is 38.1. The van der Waals surface area contributed by atoms with E-state index in [-0.39, 0.29) is 18.9 Å². The van der Waals surface area contributed by atoms with Crippen LogP contribution in [-0.2, 0) is 23.7 Å². The zero-order chi connectivity index (χ0) is 68.0. The number of hydrogen-bond donors (Lipinski definition) is 9. The van der Waals surface area contributed by atoms with Crippen molar-refractivity contribution in [2.75, 3.05) is 19.8 Å². The molecule has 9 N–H and O–H groups in total. The van der Waals surface area contributed by atoms with Crippen LogP contribution >= 0.6 is 0 Å². The molecule has 0 bridgehead atoms. The molecular formula is C80H139NO13. The van der Waals surface area contributed by atoms with Crippen molar-refractivity contribution in [1.29, 1.82) is 0 Å². The fraction of sp³-hybridized carbons (Fsp3) is 0.762. The molecule has 94 heavy (non-hydrogen) atoms. The van der Waals surface area contributed by atoms with Gasteiger partial charge in [-0.25, -0.2) is 0 Å². The van der Waals surface area contributed by atoms with E-state index in [9.17, 15) is 45.6 Å². The zero-order valence-electron chi connectivity index (χ0n) is 59.2. The van der Waals surface area contributed by atoms with Gasteiger partial charge in [0.25, 0.3) is 0 Å². The highest BCUT2D eigenvalue weighted by atomic mass is 16.7. The zero-order valence-corrected chi connectivity index (χ0v) is 59.2. The Hall–Kier alpha value is -3.35. The Morgan fingerprint density at radius 3 is 1.13 bits per heavy atom. The maximum atomic E-state index is 13.4. The summed E-state index contributed by atoms with van der Waals surface area (Å²) in [5.74, 6) is -0.239. The molecular weight excluding hydrogens is 1180 g/mol. The molecule has 0 saturated carbocycles. The number of amides is 1. The molecule has 0 aromatic carbocycles. The summed E-state index contributed by atoms with van der Waals surface area (Å²) in [6, 6.07) is -0.920. The molecule has 2 heterocycles. The second-order valence-electron chi connectivity index (χ2n) is 26.4. The summed E-state index contributed by atoms with van der Waals surface area (Å²) in [5.41, 5.74) is 0. The van der Waals surface area contributed by atoms with Crippen LogP contribution < -0.4 is 5.32 Å². The normalized spacial score (nSPS) is 23.1. The summed E-state index contributed by atoms with van der Waals surface area (Å²) < 4.78 is 22.9. The van der Waals surface area contributed by atoms with Crippen LogP contribution in [0.5, 0.6) is 0 Å². The number of allylic oxidation sites excluding steroid dienone is 17. The van der Waals surface area contributed by atoms with Crippen LogP contribution in [0.3, 0.4) is 0 Å². The van der Waals surface area contributed by atoms with E-state index in [2.05, 4.69) is 116 Å². The smallest absolute Gasteiger partial charge is 0.220 e. The molecule has 0 radical (unpaired) electrons. The van der Waals surface area contributed by atoms with Gasteiger partial charge in [-0.05, 0) is 83.5 Å². The monoisotopic (exact) mass is 1320 g/mol. The number of hydrogen-bond acceptors (Lipinski definition) is 13. The minimum Gasteiger partial charge on any atom is -0.394 e. The maximum Gasteiger partial charge on any atom is 0.220 e. The van der Waals surface area contributed by atoms with Crippen LogP contribution in [0.1, 0.15) is 296 Å². The van der Waals surface area contributed by atoms with Gasteiger partial charge in [0.1, 0.15) is 48.8 Å². The lowest BCUT2D eigenvalue weighted by atomic mass is 9.97. The predicted octanol–water partition coefficient (Wildman–Crippen LogP) is 16.7. The van der Waals surface area contributed by atoms with Gasteiger partial charge in [-0.2, -0.15) is 0 Å². The molecule has 12 unspecified atom stereocenters. The molecule has 2 saturated heterocycles. The molecule has 2 rings (SSSR count). The van der Waals surface area contributed by atoms with Gasteiger partial charge in [0.15, 0.2) is 12.6 Å². The number of ether oxygens (including phenoxy) is 4. The molecule has 0 spiro atoms. The molecule has 0 aromatic rings. The summed E-state index contributed by atoms with van der Waals surface area (Å²) in [4.78, 5) is 13.4. The van der Waals surface area contributed by atoms with Gasteiger partial charge in [-0.15, -0.1) is 0 Å². The molecule has 14 nitrogen and oxygen atoms in total. The van der Waals surface area contributed by atoms with E-state index in [0.717, 1.165) is 89.9 Å². The van der Waals surface area contributed by atoms with Crippen LogP contribution in [0.15, 0.2) is 109 Å². The third-order valence-corrected chi connectivity index (χ3v) is 18.0. The van der Waals surface area contributed by atoms with Crippen molar-refractivity contribution in [3.8, 4) is 0 Å². The van der Waals surface area contributed by atoms with Gasteiger partial charge in [0.2, 0.25) is 5.91 Å². The lowest BCUT2D eigenvalue weighted by molar-refractivity contribution is -0.359. The fourth-order valence-electron chi connectivity index (χ4n) is 12.0. The molecule has 542 valence electrons. The number of carbonyl (C=O) groups excluding carboxylic acids is 1. The van der Waals surface area contributed by atoms with Gasteiger partial charge < -0.3 is 65.1 Å². The summed E-state index contributed by atoms with van der Waals surface area (Å²) in [6.07, 6.45) is 74.4. The molecule has 14 heteroatoms. The van der Waals surface area contributed by atoms with E-state index in [0.29, 0.717) is 6.42 Å². The number of rotatable bonds is 62. The van der Waals surface area contributed by atoms with Crippen LogP contribution in [0.25, 0.3) is 0 Å². The van der Waals surface area contributed by atoms with Crippen LogP contribution in [0.4, 0.5) is 0 Å². The highest BCUT2D eigenvalue weighted by Crippen LogP contribution is 2.30. The minimum absolute atomic E-state index is 0.239. The van der Waals surface area contributed by atoms with Crippen molar-refractivity contribution >= 4 is 5.91 Å². The quantitative estimate of drug-likeness (QED) is 0.0204. The lowest BCUT2D eigenvalue weighted by Gasteiger charge is -2.46. The highest BCUT2D eigenvalue weighted by Gasteiger charge is 2.51. The van der Waals surface area contributed by atoms with E-state index in [1.807, 2.05) is 6.08 Å². The molecule has 2 aliphatic heterocycles. The van der Waals surface area contributed by atoms with Crippen molar-refractivity contribution in [3.63, 3.8) is 0 Å². The Morgan fingerprint density at radius 1 is 0.394 bits per heavy atom. The number of aliphatic hydroxyl groups excluding tert-OH is 8. The van der Waals surface area contributed by atoms with Gasteiger partial charge in [0.05, 0.1) is 32.0 Å². The first-order chi connectivity index (χ1) is 46.1. The molecule has 12 atom stereocenters. The average molecular weight is 1320 g/mol. The van der Waals surface area contributed by atoms with Crippen molar-refractivity contribution in [2.24, 2.45) is 0 Å². The average Bonchev–Trinajstić information content (AvgIpc) is 0.794. The number of unbranched alkanes of at least 4 members (excludes halogenated alkanes) is 33. The number of carbonyl (C=O) groups is 1. The van der Waals surface area contributed by atoms with Gasteiger partial charge >= 0.3 is 0 Å². The van der Waals surface area contributed by atoms with Gasteiger partial charge in [-0.3, -0.25) is 4.79 Å². The SMILES string of the molecule is CC/C=C\C/C=C\C/C=C\C/C=C\C/C=C\C/C=C\C/C=C\C/C=C\CCCCCCCCCCCCCCCCCCC(=O)NC(COC1OC(CO)C(OC2OC(CO)C(O)C(O)C2O)C(O)C1O)C(O)/C=C/CCCCCCCCCCCCCCCCCCC. The fourth-order valence-corrected chi connectivity index (χ4v) is 12.0. The van der Waals surface area contributed by atoms with Crippen molar-refractivity contribution in [1.82, 2.24) is 5.32 Å².